The third-order valence-electron chi connectivity index (χ3n) is 1.99. The van der Waals surface area contributed by atoms with Gasteiger partial charge in [-0.25, -0.2) is 0 Å². The largest absolute Gasteiger partial charge is 0.494 e. The summed E-state index contributed by atoms with van der Waals surface area (Å²) in [5.41, 5.74) is 2.77. The molecule has 0 aliphatic heterocycles. The van der Waals surface area contributed by atoms with Crippen LogP contribution < -0.4 is 4.74 Å². The van der Waals surface area contributed by atoms with Crippen molar-refractivity contribution < 1.29 is 9.53 Å². The average Bonchev–Trinajstić information content (AvgIpc) is 2.10. The fraction of sp³-hybridized carbons (Fsp3) is 0.364. The molecule has 0 radical (unpaired) electrons. The van der Waals surface area contributed by atoms with Crippen LogP contribution in [0.1, 0.15) is 28.4 Å². The van der Waals surface area contributed by atoms with Gasteiger partial charge in [-0.15, -0.1) is 0 Å². The Morgan fingerprint density at radius 3 is 2.54 bits per heavy atom. The van der Waals surface area contributed by atoms with Crippen LogP contribution in [0.3, 0.4) is 0 Å². The molecule has 0 aliphatic rings. The van der Waals surface area contributed by atoms with Gasteiger partial charge in [-0.3, -0.25) is 4.79 Å². The van der Waals surface area contributed by atoms with E-state index in [4.69, 9.17) is 4.74 Å². The maximum Gasteiger partial charge on any atom is 0.150 e. The van der Waals surface area contributed by atoms with Crippen LogP contribution in [-0.2, 0) is 0 Å². The van der Waals surface area contributed by atoms with Gasteiger partial charge in [-0.05, 0) is 38.0 Å². The standard InChI is InChI=1S/C11H14O2/c1-4-13-11-6-10(7-12)8(2)5-9(11)3/h5-7H,4H2,1-3H3. The Morgan fingerprint density at radius 1 is 1.31 bits per heavy atom. The number of hydrogen-bond acceptors (Lipinski definition) is 2. The van der Waals surface area contributed by atoms with E-state index in [0.717, 1.165) is 23.2 Å². The molecular weight excluding hydrogens is 164 g/mol. The SMILES string of the molecule is CCOc1cc(C=O)c(C)cc1C. The average molecular weight is 178 g/mol. The highest BCUT2D eigenvalue weighted by molar-refractivity contribution is 5.78. The zero-order valence-corrected chi connectivity index (χ0v) is 8.26. The number of carbonyl (C=O) groups is 1. The van der Waals surface area contributed by atoms with Gasteiger partial charge in [0.05, 0.1) is 6.61 Å². The summed E-state index contributed by atoms with van der Waals surface area (Å²) in [7, 11) is 0. The molecule has 0 saturated carbocycles. The normalized spacial score (nSPS) is 9.77. The van der Waals surface area contributed by atoms with Gasteiger partial charge in [0.25, 0.3) is 0 Å². The fourth-order valence-corrected chi connectivity index (χ4v) is 1.29. The Kier molecular flexibility index (Phi) is 3.07. The van der Waals surface area contributed by atoms with Crippen molar-refractivity contribution in [3.8, 4) is 5.75 Å². The third-order valence-corrected chi connectivity index (χ3v) is 1.99. The highest BCUT2D eigenvalue weighted by atomic mass is 16.5. The predicted molar refractivity (Wildman–Crippen MR) is 52.5 cm³/mol. The molecule has 0 fully saturated rings. The van der Waals surface area contributed by atoms with Gasteiger partial charge >= 0.3 is 0 Å². The second kappa shape index (κ2) is 4.08. The number of aryl methyl sites for hydroxylation is 2. The number of hydrogen-bond donors (Lipinski definition) is 0. The minimum Gasteiger partial charge on any atom is -0.494 e. The van der Waals surface area contributed by atoms with E-state index in [1.807, 2.05) is 26.8 Å². The van der Waals surface area contributed by atoms with Crippen LogP contribution in [0.15, 0.2) is 12.1 Å². The van der Waals surface area contributed by atoms with Crippen LogP contribution >= 0.6 is 0 Å². The van der Waals surface area contributed by atoms with E-state index >= 15 is 0 Å². The topological polar surface area (TPSA) is 26.3 Å². The highest BCUT2D eigenvalue weighted by Crippen LogP contribution is 2.21. The number of benzene rings is 1. The summed E-state index contributed by atoms with van der Waals surface area (Å²) < 4.78 is 5.38. The lowest BCUT2D eigenvalue weighted by Crippen LogP contribution is -1.97. The van der Waals surface area contributed by atoms with Gasteiger partial charge in [-0.1, -0.05) is 6.07 Å². The van der Waals surface area contributed by atoms with Gasteiger partial charge in [0.1, 0.15) is 12.0 Å². The maximum atomic E-state index is 10.6. The van der Waals surface area contributed by atoms with Crippen LogP contribution in [0.4, 0.5) is 0 Å². The number of rotatable bonds is 3. The molecular formula is C11H14O2. The smallest absolute Gasteiger partial charge is 0.150 e. The lowest BCUT2D eigenvalue weighted by molar-refractivity contribution is 0.112. The number of ether oxygens (including phenoxy) is 1. The van der Waals surface area contributed by atoms with E-state index < -0.39 is 0 Å². The quantitative estimate of drug-likeness (QED) is 0.665. The molecule has 1 aromatic carbocycles. The Hall–Kier alpha value is -1.31. The number of carbonyl (C=O) groups excluding carboxylic acids is 1. The molecule has 1 rings (SSSR count). The second-order valence-corrected chi connectivity index (χ2v) is 3.03. The van der Waals surface area contributed by atoms with E-state index in [1.165, 1.54) is 0 Å². The molecule has 2 nitrogen and oxygen atoms in total. The molecule has 0 aliphatic carbocycles. The van der Waals surface area contributed by atoms with Crippen molar-refractivity contribution in [1.82, 2.24) is 0 Å². The van der Waals surface area contributed by atoms with Crippen LogP contribution in [0.25, 0.3) is 0 Å². The molecule has 0 saturated heterocycles. The Labute approximate surface area is 78.5 Å². The van der Waals surface area contributed by atoms with Crippen molar-refractivity contribution in [3.63, 3.8) is 0 Å². The summed E-state index contributed by atoms with van der Waals surface area (Å²) in [6.45, 7) is 6.46. The van der Waals surface area contributed by atoms with Crippen molar-refractivity contribution >= 4 is 6.29 Å². The highest BCUT2D eigenvalue weighted by Gasteiger charge is 2.03. The molecule has 0 aromatic heterocycles. The zero-order chi connectivity index (χ0) is 9.84. The van der Waals surface area contributed by atoms with Crippen molar-refractivity contribution in [3.05, 3.63) is 28.8 Å². The van der Waals surface area contributed by atoms with Gasteiger partial charge in [0.2, 0.25) is 0 Å². The van der Waals surface area contributed by atoms with E-state index in [9.17, 15) is 4.79 Å². The van der Waals surface area contributed by atoms with Crippen molar-refractivity contribution in [1.29, 1.82) is 0 Å². The summed E-state index contributed by atoms with van der Waals surface area (Å²) in [4.78, 5) is 10.6. The first-order valence-corrected chi connectivity index (χ1v) is 4.38. The molecule has 70 valence electrons. The number of aldehydes is 1. The van der Waals surface area contributed by atoms with Crippen LogP contribution in [0.2, 0.25) is 0 Å². The minimum absolute atomic E-state index is 0.627. The van der Waals surface area contributed by atoms with E-state index in [1.54, 1.807) is 6.07 Å². The first kappa shape index (κ1) is 9.78. The molecule has 0 unspecified atom stereocenters. The van der Waals surface area contributed by atoms with E-state index in [2.05, 4.69) is 0 Å². The first-order chi connectivity index (χ1) is 6.19. The molecule has 0 bridgehead atoms. The van der Waals surface area contributed by atoms with E-state index in [0.29, 0.717) is 12.2 Å². The van der Waals surface area contributed by atoms with Gasteiger partial charge in [-0.2, -0.15) is 0 Å². The van der Waals surface area contributed by atoms with Crippen LogP contribution in [-0.4, -0.2) is 12.9 Å². The molecule has 0 spiro atoms. The monoisotopic (exact) mass is 178 g/mol. The Bertz CT molecular complexity index is 316. The summed E-state index contributed by atoms with van der Waals surface area (Å²) in [5, 5.41) is 0. The summed E-state index contributed by atoms with van der Waals surface area (Å²) >= 11 is 0. The van der Waals surface area contributed by atoms with Crippen molar-refractivity contribution in [2.75, 3.05) is 6.61 Å². The third kappa shape index (κ3) is 2.08. The molecule has 0 amide bonds. The maximum absolute atomic E-state index is 10.6. The second-order valence-electron chi connectivity index (χ2n) is 3.03. The van der Waals surface area contributed by atoms with Gasteiger partial charge < -0.3 is 4.74 Å². The molecule has 13 heavy (non-hydrogen) atoms. The lowest BCUT2D eigenvalue weighted by atomic mass is 10.1. The molecule has 0 heterocycles. The van der Waals surface area contributed by atoms with Crippen LogP contribution in [0, 0.1) is 13.8 Å². The van der Waals surface area contributed by atoms with Gasteiger partial charge in [0.15, 0.2) is 0 Å². The Balaban J connectivity index is 3.14. The van der Waals surface area contributed by atoms with Crippen molar-refractivity contribution in [2.45, 2.75) is 20.8 Å². The lowest BCUT2D eigenvalue weighted by Gasteiger charge is -2.09. The molecule has 1 aromatic rings. The van der Waals surface area contributed by atoms with Crippen LogP contribution in [0.5, 0.6) is 5.75 Å². The van der Waals surface area contributed by atoms with E-state index in [-0.39, 0.29) is 0 Å². The Morgan fingerprint density at radius 2 is 2.00 bits per heavy atom. The molecule has 0 atom stereocenters. The van der Waals surface area contributed by atoms with Gasteiger partial charge in [0, 0.05) is 5.56 Å². The van der Waals surface area contributed by atoms with Crippen molar-refractivity contribution in [2.24, 2.45) is 0 Å². The summed E-state index contributed by atoms with van der Waals surface area (Å²) in [6, 6.07) is 3.76. The summed E-state index contributed by atoms with van der Waals surface area (Å²) in [5.74, 6) is 0.801. The fourth-order valence-electron chi connectivity index (χ4n) is 1.29. The minimum atomic E-state index is 0.627. The predicted octanol–water partition coefficient (Wildman–Crippen LogP) is 2.51. The molecule has 2 heteroatoms. The zero-order valence-electron chi connectivity index (χ0n) is 8.26. The summed E-state index contributed by atoms with van der Waals surface area (Å²) in [6.07, 6.45) is 0.858. The molecule has 0 N–H and O–H groups in total. The first-order valence-electron chi connectivity index (χ1n) is 4.38.